The van der Waals surface area contributed by atoms with E-state index in [0.717, 1.165) is 48.4 Å². The zero-order valence-corrected chi connectivity index (χ0v) is 21.7. The molecule has 1 aliphatic rings. The number of nitriles is 1. The number of rotatable bonds is 3. The number of aromatic nitrogens is 2. The Bertz CT molecular complexity index is 1720. The van der Waals surface area contributed by atoms with Crippen LogP contribution in [0.4, 0.5) is 5.69 Å². The van der Waals surface area contributed by atoms with E-state index in [1.165, 1.54) is 15.8 Å². The Kier molecular flexibility index (Phi) is 5.52. The van der Waals surface area contributed by atoms with Crippen LogP contribution in [-0.2, 0) is 0 Å². The number of aryl methyl sites for hydroxylation is 1. The molecule has 6 heteroatoms. The van der Waals surface area contributed by atoms with E-state index >= 15 is 0 Å². The first-order valence-electron chi connectivity index (χ1n) is 11.6. The minimum atomic E-state index is 0.610. The molecule has 0 unspecified atom stereocenters. The van der Waals surface area contributed by atoms with Gasteiger partial charge in [-0.1, -0.05) is 30.3 Å². The van der Waals surface area contributed by atoms with Crippen molar-refractivity contribution in [3.8, 4) is 17.2 Å². The van der Waals surface area contributed by atoms with Crippen LogP contribution in [0.15, 0.2) is 95.8 Å². The van der Waals surface area contributed by atoms with Crippen LogP contribution in [0, 0.1) is 18.3 Å². The molecule has 6 rings (SSSR count). The highest BCUT2D eigenvalue weighted by atomic mass is 32.1. The highest BCUT2D eigenvalue weighted by Crippen LogP contribution is 2.36. The topological polar surface area (TPSA) is 52.8 Å². The molecule has 0 fully saturated rings. The average Bonchev–Trinajstić information content (AvgIpc) is 3.46. The standard InChI is InChI=1S/C30H22N4S2/c1-18-14-23(25(17-31)30-33-26-6-4-5-7-28(26)36-30)15-19(2)34(18)24-11-8-21(9-12-24)22-10-13-27-29(16-22)35-20(3)32-27/h4-16H,1-3H3. The van der Waals surface area contributed by atoms with Crippen LogP contribution < -0.4 is 4.90 Å². The second-order valence-corrected chi connectivity index (χ2v) is 11.1. The van der Waals surface area contributed by atoms with Crippen molar-refractivity contribution in [1.29, 1.82) is 5.26 Å². The molecule has 2 aromatic heterocycles. The van der Waals surface area contributed by atoms with Gasteiger partial charge in [0, 0.05) is 17.1 Å². The maximum Gasteiger partial charge on any atom is 0.135 e. The van der Waals surface area contributed by atoms with Gasteiger partial charge in [0.2, 0.25) is 0 Å². The second-order valence-electron chi connectivity index (χ2n) is 8.80. The molecule has 3 aromatic carbocycles. The van der Waals surface area contributed by atoms with Gasteiger partial charge in [-0.25, -0.2) is 9.97 Å². The third kappa shape index (κ3) is 3.93. The predicted octanol–water partition coefficient (Wildman–Crippen LogP) is 8.49. The molecule has 0 saturated heterocycles. The molecule has 174 valence electrons. The van der Waals surface area contributed by atoms with Gasteiger partial charge in [0.15, 0.2) is 0 Å². The van der Waals surface area contributed by atoms with E-state index in [2.05, 4.69) is 84.4 Å². The summed E-state index contributed by atoms with van der Waals surface area (Å²) in [7, 11) is 0. The lowest BCUT2D eigenvalue weighted by atomic mass is 10.0. The molecule has 4 nitrogen and oxygen atoms in total. The summed E-state index contributed by atoms with van der Waals surface area (Å²) < 4.78 is 2.30. The fraction of sp³-hybridized carbons (Fsp3) is 0.100. The van der Waals surface area contributed by atoms with Crippen molar-refractivity contribution >= 4 is 54.4 Å². The number of hydrogen-bond donors (Lipinski definition) is 0. The molecule has 0 aliphatic carbocycles. The molecular weight excluding hydrogens is 480 g/mol. The van der Waals surface area contributed by atoms with E-state index in [1.54, 1.807) is 22.7 Å². The lowest BCUT2D eigenvalue weighted by molar-refractivity contribution is 1.04. The number of hydrogen-bond acceptors (Lipinski definition) is 6. The summed E-state index contributed by atoms with van der Waals surface area (Å²) in [5, 5.41) is 11.8. The Labute approximate surface area is 217 Å². The number of benzene rings is 3. The van der Waals surface area contributed by atoms with Crippen molar-refractivity contribution in [2.75, 3.05) is 4.90 Å². The number of thiazole rings is 2. The summed E-state index contributed by atoms with van der Waals surface area (Å²) in [5.74, 6) is 0. The highest BCUT2D eigenvalue weighted by molar-refractivity contribution is 7.19. The van der Waals surface area contributed by atoms with Crippen molar-refractivity contribution in [1.82, 2.24) is 9.97 Å². The van der Waals surface area contributed by atoms with Gasteiger partial charge < -0.3 is 4.90 Å². The van der Waals surface area contributed by atoms with Crippen LogP contribution >= 0.6 is 22.7 Å². The average molecular weight is 503 g/mol. The van der Waals surface area contributed by atoms with Crippen LogP contribution in [0.5, 0.6) is 0 Å². The smallest absolute Gasteiger partial charge is 0.135 e. The summed E-state index contributed by atoms with van der Waals surface area (Å²) in [5.41, 5.74) is 9.07. The molecular formula is C30H22N4S2. The second kappa shape index (κ2) is 8.87. The first-order chi connectivity index (χ1) is 17.5. The summed E-state index contributed by atoms with van der Waals surface area (Å²) in [6.07, 6.45) is 4.15. The highest BCUT2D eigenvalue weighted by Gasteiger charge is 2.20. The largest absolute Gasteiger partial charge is 0.318 e. The van der Waals surface area contributed by atoms with Crippen molar-refractivity contribution in [2.24, 2.45) is 0 Å². The molecule has 0 N–H and O–H groups in total. The Morgan fingerprint density at radius 3 is 2.19 bits per heavy atom. The molecule has 0 amide bonds. The zero-order valence-electron chi connectivity index (χ0n) is 20.1. The molecule has 0 saturated carbocycles. The minimum absolute atomic E-state index is 0.610. The van der Waals surface area contributed by atoms with Gasteiger partial charge in [0.25, 0.3) is 0 Å². The SMILES string of the molecule is CC1=CC(=C(C#N)c2nc3ccccc3s2)C=C(C)N1c1ccc(-c2ccc3nc(C)sc3c2)cc1. The number of para-hydroxylation sites is 1. The Morgan fingerprint density at radius 2 is 1.47 bits per heavy atom. The van der Waals surface area contributed by atoms with Gasteiger partial charge in [-0.05, 0) is 86.0 Å². The molecule has 0 radical (unpaired) electrons. The third-order valence-electron chi connectivity index (χ3n) is 6.30. The van der Waals surface area contributed by atoms with Gasteiger partial charge in [0.1, 0.15) is 11.1 Å². The predicted molar refractivity (Wildman–Crippen MR) is 152 cm³/mol. The Hall–Kier alpha value is -4.05. The first kappa shape index (κ1) is 22.4. The summed E-state index contributed by atoms with van der Waals surface area (Å²) in [6.45, 7) is 6.21. The van der Waals surface area contributed by atoms with Crippen LogP contribution in [0.3, 0.4) is 0 Å². The molecule has 0 atom stereocenters. The van der Waals surface area contributed by atoms with Crippen LogP contribution in [-0.4, -0.2) is 9.97 Å². The molecule has 0 spiro atoms. The van der Waals surface area contributed by atoms with Crippen molar-refractivity contribution in [3.63, 3.8) is 0 Å². The Morgan fingerprint density at radius 1 is 0.778 bits per heavy atom. The lowest BCUT2D eigenvalue weighted by Gasteiger charge is -2.30. The van der Waals surface area contributed by atoms with E-state index in [-0.39, 0.29) is 0 Å². The van der Waals surface area contributed by atoms with Gasteiger partial charge >= 0.3 is 0 Å². The van der Waals surface area contributed by atoms with Crippen LogP contribution in [0.25, 0.3) is 37.1 Å². The van der Waals surface area contributed by atoms with Crippen molar-refractivity contribution in [3.05, 3.63) is 106 Å². The van der Waals surface area contributed by atoms with Crippen LogP contribution in [0.2, 0.25) is 0 Å². The van der Waals surface area contributed by atoms with Crippen molar-refractivity contribution < 1.29 is 0 Å². The molecule has 3 heterocycles. The normalized spacial score (nSPS) is 13.6. The van der Waals surface area contributed by atoms with Crippen molar-refractivity contribution in [2.45, 2.75) is 20.8 Å². The van der Waals surface area contributed by atoms with Gasteiger partial charge in [0.05, 0.1) is 31.0 Å². The molecule has 5 aromatic rings. The number of nitrogens with zero attached hydrogens (tertiary/aromatic N) is 4. The maximum atomic E-state index is 10.0. The van der Waals surface area contributed by atoms with Gasteiger partial charge in [-0.15, -0.1) is 22.7 Å². The lowest BCUT2D eigenvalue weighted by Crippen LogP contribution is -2.21. The summed E-state index contributed by atoms with van der Waals surface area (Å²) in [6, 6.07) is 25.5. The quantitative estimate of drug-likeness (QED) is 0.232. The summed E-state index contributed by atoms with van der Waals surface area (Å²) in [4.78, 5) is 11.5. The van der Waals surface area contributed by atoms with E-state index in [0.29, 0.717) is 5.57 Å². The number of anilines is 1. The summed E-state index contributed by atoms with van der Waals surface area (Å²) >= 11 is 3.28. The third-order valence-corrected chi connectivity index (χ3v) is 8.28. The maximum absolute atomic E-state index is 10.0. The monoisotopic (exact) mass is 502 g/mol. The van der Waals surface area contributed by atoms with Gasteiger partial charge in [-0.2, -0.15) is 5.26 Å². The van der Waals surface area contributed by atoms with E-state index in [1.807, 2.05) is 31.2 Å². The molecule has 0 bridgehead atoms. The minimum Gasteiger partial charge on any atom is -0.318 e. The fourth-order valence-electron chi connectivity index (χ4n) is 4.69. The molecule has 36 heavy (non-hydrogen) atoms. The van der Waals surface area contributed by atoms with Gasteiger partial charge in [-0.3, -0.25) is 0 Å². The van der Waals surface area contributed by atoms with E-state index < -0.39 is 0 Å². The zero-order chi connectivity index (χ0) is 24.8. The number of allylic oxidation sites excluding steroid dienone is 6. The Balaban J connectivity index is 1.32. The van der Waals surface area contributed by atoms with E-state index in [9.17, 15) is 5.26 Å². The fourth-order valence-corrected chi connectivity index (χ4v) is 6.54. The van der Waals surface area contributed by atoms with E-state index in [4.69, 9.17) is 4.98 Å². The van der Waals surface area contributed by atoms with Crippen LogP contribution in [0.1, 0.15) is 23.9 Å². The first-order valence-corrected chi connectivity index (χ1v) is 13.3. The number of fused-ring (bicyclic) bond motifs is 2. The molecule has 1 aliphatic heterocycles.